The van der Waals surface area contributed by atoms with Crippen LogP contribution >= 0.6 is 23.1 Å². The highest BCUT2D eigenvalue weighted by Gasteiger charge is 2.33. The van der Waals surface area contributed by atoms with Gasteiger partial charge in [0.1, 0.15) is 0 Å². The highest BCUT2D eigenvalue weighted by molar-refractivity contribution is 8.17. The molecule has 2 aliphatic rings. The number of hydrogen-bond donors (Lipinski definition) is 1. The number of fused-ring (bicyclic) bond motifs is 2. The van der Waals surface area contributed by atoms with Gasteiger partial charge in [-0.05, 0) is 23.3 Å². The third-order valence-electron chi connectivity index (χ3n) is 3.94. The van der Waals surface area contributed by atoms with E-state index in [4.69, 9.17) is 0 Å². The molecule has 108 valence electrons. The molecule has 2 aromatic rings. The van der Waals surface area contributed by atoms with E-state index in [0.29, 0.717) is 6.42 Å². The molecule has 0 saturated heterocycles. The number of aliphatic hydroxyl groups excluding tert-OH is 1. The van der Waals surface area contributed by atoms with Crippen LogP contribution in [0.5, 0.6) is 0 Å². The van der Waals surface area contributed by atoms with Gasteiger partial charge in [-0.3, -0.25) is 4.99 Å². The smallest absolute Gasteiger partial charge is 0.168 e. The van der Waals surface area contributed by atoms with Crippen molar-refractivity contribution in [2.24, 2.45) is 4.99 Å². The molecule has 0 amide bonds. The molecule has 0 bridgehead atoms. The Bertz CT molecular complexity index is 776. The van der Waals surface area contributed by atoms with E-state index in [1.54, 1.807) is 11.8 Å². The van der Waals surface area contributed by atoms with E-state index in [0.717, 1.165) is 18.3 Å². The molecule has 0 fully saturated rings. The minimum Gasteiger partial charge on any atom is -0.396 e. The number of aliphatic imine (C=N–C) groups is 1. The van der Waals surface area contributed by atoms with Crippen molar-refractivity contribution in [3.63, 3.8) is 0 Å². The second kappa shape index (κ2) is 5.16. The number of amidine groups is 1. The van der Waals surface area contributed by atoms with Crippen molar-refractivity contribution in [1.29, 1.82) is 0 Å². The molecule has 4 rings (SSSR count). The monoisotopic (exact) mass is 316 g/mol. The van der Waals surface area contributed by atoms with Crippen LogP contribution in [0.3, 0.4) is 0 Å². The molecule has 0 spiro atoms. The lowest BCUT2D eigenvalue weighted by Crippen LogP contribution is -2.20. The van der Waals surface area contributed by atoms with Gasteiger partial charge in [0.15, 0.2) is 5.17 Å². The number of thiophene rings is 1. The highest BCUT2D eigenvalue weighted by Crippen LogP contribution is 2.45. The molecule has 3 heterocycles. The first-order chi connectivity index (χ1) is 10.3. The van der Waals surface area contributed by atoms with Gasteiger partial charge < -0.3 is 10.0 Å². The lowest BCUT2D eigenvalue weighted by molar-refractivity contribution is 0.301. The summed E-state index contributed by atoms with van der Waals surface area (Å²) in [6, 6.07) is 6.53. The molecule has 0 saturated carbocycles. The summed E-state index contributed by atoms with van der Waals surface area (Å²) in [6.45, 7) is 4.18. The minimum atomic E-state index is 0.187. The van der Waals surface area contributed by atoms with Gasteiger partial charge in [-0.2, -0.15) is 0 Å². The first-order valence-electron chi connectivity index (χ1n) is 7.10. The number of thioether (sulfide) groups is 1. The Labute approximate surface area is 132 Å². The Hall–Kier alpha value is -1.30. The molecule has 2 aliphatic heterocycles. The van der Waals surface area contributed by atoms with Gasteiger partial charge in [0.25, 0.3) is 0 Å². The summed E-state index contributed by atoms with van der Waals surface area (Å²) in [6.07, 6.45) is 0.705. The second-order valence-corrected chi connectivity index (χ2v) is 7.21. The second-order valence-electron chi connectivity index (χ2n) is 5.26. The lowest BCUT2D eigenvalue weighted by Gasteiger charge is -2.18. The first-order valence-corrected chi connectivity index (χ1v) is 8.80. The van der Waals surface area contributed by atoms with Gasteiger partial charge >= 0.3 is 0 Å². The predicted octanol–water partition coefficient (Wildman–Crippen LogP) is 3.68. The van der Waals surface area contributed by atoms with Crippen LogP contribution in [0.2, 0.25) is 0 Å². The summed E-state index contributed by atoms with van der Waals surface area (Å²) in [7, 11) is 0. The molecule has 1 aromatic carbocycles. The molecule has 0 unspecified atom stereocenters. The molecular weight excluding hydrogens is 300 g/mol. The summed E-state index contributed by atoms with van der Waals surface area (Å²) in [5, 5.41) is 14.0. The summed E-state index contributed by atoms with van der Waals surface area (Å²) in [5.41, 5.74) is 3.88. The average molecular weight is 316 g/mol. The standard InChI is InChI=1S/C16H16N2OS2/c1-10-9-20-15-11(10)3-2-4-12(15)14-13(5-8-19)21-16-17-6-7-18(14)16/h2-4,9,19H,5-8H2,1H3. The summed E-state index contributed by atoms with van der Waals surface area (Å²) >= 11 is 3.53. The Morgan fingerprint density at radius 1 is 1.38 bits per heavy atom. The van der Waals surface area contributed by atoms with Gasteiger partial charge in [0.2, 0.25) is 0 Å². The summed E-state index contributed by atoms with van der Waals surface area (Å²) in [5.74, 6) is 0. The van der Waals surface area contributed by atoms with Crippen LogP contribution < -0.4 is 0 Å². The summed E-state index contributed by atoms with van der Waals surface area (Å²) < 4.78 is 1.34. The zero-order valence-corrected chi connectivity index (χ0v) is 13.4. The largest absolute Gasteiger partial charge is 0.396 e. The average Bonchev–Trinajstić information content (AvgIpc) is 3.14. The molecule has 5 heteroatoms. The van der Waals surface area contributed by atoms with Gasteiger partial charge in [-0.1, -0.05) is 30.0 Å². The van der Waals surface area contributed by atoms with Crippen molar-refractivity contribution in [1.82, 2.24) is 4.90 Å². The molecule has 0 radical (unpaired) electrons. The topological polar surface area (TPSA) is 35.8 Å². The van der Waals surface area contributed by atoms with E-state index in [9.17, 15) is 5.11 Å². The number of nitrogens with zero attached hydrogens (tertiary/aromatic N) is 2. The van der Waals surface area contributed by atoms with Gasteiger partial charge in [0, 0.05) is 34.7 Å². The van der Waals surface area contributed by atoms with Crippen LogP contribution in [0, 0.1) is 6.92 Å². The van der Waals surface area contributed by atoms with Crippen molar-refractivity contribution in [3.05, 3.63) is 39.6 Å². The van der Waals surface area contributed by atoms with Gasteiger partial charge in [-0.15, -0.1) is 11.3 Å². The van der Waals surface area contributed by atoms with Crippen molar-refractivity contribution in [3.8, 4) is 0 Å². The van der Waals surface area contributed by atoms with Crippen LogP contribution in [0.1, 0.15) is 17.5 Å². The van der Waals surface area contributed by atoms with E-state index in [-0.39, 0.29) is 6.61 Å². The minimum absolute atomic E-state index is 0.187. The number of benzene rings is 1. The normalized spacial score (nSPS) is 17.8. The third kappa shape index (κ3) is 2.03. The molecule has 1 N–H and O–H groups in total. The van der Waals surface area contributed by atoms with Crippen LogP contribution in [0.25, 0.3) is 15.8 Å². The number of rotatable bonds is 3. The van der Waals surface area contributed by atoms with Crippen molar-refractivity contribution in [2.45, 2.75) is 13.3 Å². The lowest BCUT2D eigenvalue weighted by atomic mass is 10.1. The molecule has 0 atom stereocenters. The fourth-order valence-electron chi connectivity index (χ4n) is 2.97. The Morgan fingerprint density at radius 3 is 3.14 bits per heavy atom. The number of hydrogen-bond acceptors (Lipinski definition) is 5. The fourth-order valence-corrected chi connectivity index (χ4v) is 5.22. The SMILES string of the molecule is Cc1csc2c(C3=C(CCO)SC4=NCCN43)cccc12. The fraction of sp³-hybridized carbons (Fsp3) is 0.312. The van der Waals surface area contributed by atoms with E-state index in [2.05, 4.69) is 40.4 Å². The maximum atomic E-state index is 9.37. The zero-order chi connectivity index (χ0) is 14.4. The predicted molar refractivity (Wildman–Crippen MR) is 91.8 cm³/mol. The van der Waals surface area contributed by atoms with Gasteiger partial charge in [0.05, 0.1) is 12.2 Å². The van der Waals surface area contributed by atoms with E-state index in [1.807, 2.05) is 11.3 Å². The van der Waals surface area contributed by atoms with Gasteiger partial charge in [-0.25, -0.2) is 0 Å². The maximum absolute atomic E-state index is 9.37. The Kier molecular flexibility index (Phi) is 3.28. The molecule has 1 aromatic heterocycles. The molecule has 21 heavy (non-hydrogen) atoms. The Balaban J connectivity index is 1.92. The van der Waals surface area contributed by atoms with Crippen LogP contribution in [-0.2, 0) is 0 Å². The number of aliphatic hydroxyl groups is 1. The highest BCUT2D eigenvalue weighted by atomic mass is 32.2. The van der Waals surface area contributed by atoms with E-state index >= 15 is 0 Å². The molecule has 3 nitrogen and oxygen atoms in total. The first kappa shape index (κ1) is 13.4. The van der Waals surface area contributed by atoms with Crippen LogP contribution in [0.15, 0.2) is 33.5 Å². The molecule has 0 aliphatic carbocycles. The van der Waals surface area contributed by atoms with Crippen LogP contribution in [0.4, 0.5) is 0 Å². The van der Waals surface area contributed by atoms with E-state index in [1.165, 1.54) is 31.8 Å². The van der Waals surface area contributed by atoms with E-state index < -0.39 is 0 Å². The van der Waals surface area contributed by atoms with Crippen LogP contribution in [-0.4, -0.2) is 34.9 Å². The number of aryl methyl sites for hydroxylation is 1. The van der Waals surface area contributed by atoms with Crippen molar-refractivity contribution < 1.29 is 5.11 Å². The maximum Gasteiger partial charge on any atom is 0.168 e. The third-order valence-corrected chi connectivity index (χ3v) is 6.26. The Morgan fingerprint density at radius 2 is 2.29 bits per heavy atom. The molecular formula is C16H16N2OS2. The van der Waals surface area contributed by atoms with Crippen molar-refractivity contribution >= 4 is 44.0 Å². The zero-order valence-electron chi connectivity index (χ0n) is 11.8. The quantitative estimate of drug-likeness (QED) is 0.938. The van der Waals surface area contributed by atoms with Crippen molar-refractivity contribution in [2.75, 3.05) is 19.7 Å². The summed E-state index contributed by atoms with van der Waals surface area (Å²) in [4.78, 5) is 8.14.